The van der Waals surface area contributed by atoms with Crippen LogP contribution in [0.1, 0.15) is 13.3 Å². The van der Waals surface area contributed by atoms with E-state index < -0.39 is 0 Å². The highest BCUT2D eigenvalue weighted by Gasteiger charge is 2.39. The molecule has 4 saturated heterocycles. The number of rotatable bonds is 3. The van der Waals surface area contributed by atoms with Crippen molar-refractivity contribution in [3.63, 3.8) is 0 Å². The van der Waals surface area contributed by atoms with E-state index in [1.54, 1.807) is 6.08 Å². The number of allylic oxidation sites excluding steroid dienone is 1. The Balaban J connectivity index is 1.77. The van der Waals surface area contributed by atoms with Gasteiger partial charge in [-0.1, -0.05) is 0 Å². The van der Waals surface area contributed by atoms with Crippen molar-refractivity contribution in [1.29, 1.82) is 16.1 Å². The van der Waals surface area contributed by atoms with Crippen molar-refractivity contribution in [1.82, 2.24) is 15.1 Å². The van der Waals surface area contributed by atoms with Crippen molar-refractivity contribution in [3.8, 4) is 6.07 Å². The van der Waals surface area contributed by atoms with E-state index in [0.29, 0.717) is 11.5 Å². The van der Waals surface area contributed by atoms with Crippen LogP contribution in [0.25, 0.3) is 0 Å². The topological polar surface area (TPSA) is 99.2 Å². The van der Waals surface area contributed by atoms with E-state index in [4.69, 9.17) is 20.8 Å². The summed E-state index contributed by atoms with van der Waals surface area (Å²) in [6.07, 6.45) is 3.25. The molecule has 4 heterocycles. The molecule has 3 unspecified atom stereocenters. The van der Waals surface area contributed by atoms with Gasteiger partial charge in [0.05, 0.1) is 17.9 Å². The number of piperidine rings is 1. The summed E-state index contributed by atoms with van der Waals surface area (Å²) < 4.78 is 5.59. The molecule has 0 spiro atoms. The fraction of sp³-hybridized carbons (Fsp3) is 0.667. The zero-order valence-corrected chi connectivity index (χ0v) is 12.8. The largest absolute Gasteiger partial charge is 0.371 e. The van der Waals surface area contributed by atoms with E-state index in [1.807, 2.05) is 11.0 Å². The number of piperazine rings is 1. The van der Waals surface area contributed by atoms with Gasteiger partial charge < -0.3 is 19.9 Å². The number of nitrogens with zero attached hydrogens (tertiary/aromatic N) is 3. The van der Waals surface area contributed by atoms with Gasteiger partial charge in [0, 0.05) is 51.3 Å². The molecule has 7 heteroatoms. The van der Waals surface area contributed by atoms with E-state index in [-0.39, 0.29) is 24.0 Å². The summed E-state index contributed by atoms with van der Waals surface area (Å²) in [5.74, 6) is 0.374. The first-order valence-electron chi connectivity index (χ1n) is 7.75. The van der Waals surface area contributed by atoms with Crippen LogP contribution in [0.3, 0.4) is 0 Å². The predicted octanol–water partition coefficient (Wildman–Crippen LogP) is 0.158. The lowest BCUT2D eigenvalue weighted by Crippen LogP contribution is -2.58. The minimum Gasteiger partial charge on any atom is -0.371 e. The Hall–Kier alpha value is -1.91. The molecule has 3 N–H and O–H groups in total. The summed E-state index contributed by atoms with van der Waals surface area (Å²) in [5.41, 5.74) is 0.485. The van der Waals surface area contributed by atoms with Gasteiger partial charge in [0.25, 0.3) is 0 Å². The molecular formula is C15H22N6O. The third-order valence-electron chi connectivity index (χ3n) is 4.55. The van der Waals surface area contributed by atoms with E-state index in [2.05, 4.69) is 17.1 Å². The van der Waals surface area contributed by atoms with Gasteiger partial charge in [-0.3, -0.25) is 10.8 Å². The van der Waals surface area contributed by atoms with E-state index in [0.717, 1.165) is 39.1 Å². The Morgan fingerprint density at radius 1 is 1.36 bits per heavy atom. The molecule has 7 nitrogen and oxygen atoms in total. The molecule has 118 valence electrons. The van der Waals surface area contributed by atoms with Gasteiger partial charge in [0.15, 0.2) is 5.71 Å². The predicted molar refractivity (Wildman–Crippen MR) is 83.0 cm³/mol. The zero-order chi connectivity index (χ0) is 15.7. The van der Waals surface area contributed by atoms with Crippen LogP contribution in [0.5, 0.6) is 0 Å². The van der Waals surface area contributed by atoms with Gasteiger partial charge in [-0.05, 0) is 6.92 Å². The molecule has 0 saturated carbocycles. The quantitative estimate of drug-likeness (QED) is 0.509. The lowest BCUT2D eigenvalue weighted by molar-refractivity contribution is -0.167. The molecule has 2 bridgehead atoms. The Morgan fingerprint density at radius 2 is 2.05 bits per heavy atom. The number of hydrogen-bond acceptors (Lipinski definition) is 6. The summed E-state index contributed by atoms with van der Waals surface area (Å²) in [4.78, 5) is 4.04. The molecule has 4 aliphatic rings. The summed E-state index contributed by atoms with van der Waals surface area (Å²) in [6, 6.07) is 2.13. The molecule has 4 rings (SSSR count). The fourth-order valence-electron chi connectivity index (χ4n) is 3.33. The first kappa shape index (κ1) is 15.0. The van der Waals surface area contributed by atoms with Crippen molar-refractivity contribution in [2.45, 2.75) is 31.6 Å². The van der Waals surface area contributed by atoms with E-state index >= 15 is 0 Å². The van der Waals surface area contributed by atoms with Gasteiger partial charge in [0.1, 0.15) is 11.9 Å². The number of fused-ring (bicyclic) bond motifs is 2. The molecule has 0 aromatic heterocycles. The third kappa shape index (κ3) is 2.85. The lowest BCUT2D eigenvalue weighted by Gasteiger charge is -2.47. The molecule has 3 atom stereocenters. The number of hydrogen-bond donors (Lipinski definition) is 3. The van der Waals surface area contributed by atoms with Crippen molar-refractivity contribution >= 4 is 11.5 Å². The van der Waals surface area contributed by atoms with Crippen molar-refractivity contribution in [2.24, 2.45) is 0 Å². The van der Waals surface area contributed by atoms with Crippen LogP contribution in [-0.4, -0.2) is 72.3 Å². The summed E-state index contributed by atoms with van der Waals surface area (Å²) in [5, 5.41) is 28.7. The molecule has 0 amide bonds. The van der Waals surface area contributed by atoms with Crippen LogP contribution in [0.15, 0.2) is 11.8 Å². The van der Waals surface area contributed by atoms with Gasteiger partial charge in [-0.15, -0.1) is 0 Å². The molecular weight excluding hydrogens is 280 g/mol. The van der Waals surface area contributed by atoms with Crippen molar-refractivity contribution in [3.05, 3.63) is 11.8 Å². The number of ether oxygens (including phenoxy) is 1. The Kier molecular flexibility index (Phi) is 4.14. The SMILES string of the molecule is CC1CNCCN1/C(=C/C(=N)N1CC2CC(C1)O2)C(=N)C#N. The standard InChI is InChI=1S/C15H22N6O/c1-10-7-19-2-3-21(10)14(13(17)6-16)5-15(18)20-8-11-4-12(9-20)22-11/h5,10-12,17-19H,2-4,7-9H2,1H3/b14-5+,17-13?,18-15?. The average Bonchev–Trinajstić information content (AvgIpc) is 2.52. The molecule has 4 aliphatic heterocycles. The summed E-state index contributed by atoms with van der Waals surface area (Å²) in [6.45, 7) is 5.93. The minimum atomic E-state index is -0.0723. The Bertz CT molecular complexity index is 535. The first-order valence-corrected chi connectivity index (χ1v) is 7.75. The maximum Gasteiger partial charge on any atom is 0.155 e. The molecule has 22 heavy (non-hydrogen) atoms. The van der Waals surface area contributed by atoms with Crippen molar-refractivity contribution < 1.29 is 4.74 Å². The van der Waals surface area contributed by atoms with E-state index in [1.165, 1.54) is 0 Å². The molecule has 0 aromatic carbocycles. The van der Waals surface area contributed by atoms with Crippen LogP contribution in [-0.2, 0) is 4.74 Å². The van der Waals surface area contributed by atoms with Crippen molar-refractivity contribution in [2.75, 3.05) is 32.7 Å². The monoisotopic (exact) mass is 302 g/mol. The average molecular weight is 302 g/mol. The molecule has 4 fully saturated rings. The highest BCUT2D eigenvalue weighted by molar-refractivity contribution is 6.12. The summed E-state index contributed by atoms with van der Waals surface area (Å²) >= 11 is 0. The van der Waals surface area contributed by atoms with Crippen LogP contribution in [0.2, 0.25) is 0 Å². The molecule has 0 aliphatic carbocycles. The van der Waals surface area contributed by atoms with Gasteiger partial charge in [-0.2, -0.15) is 5.26 Å². The zero-order valence-electron chi connectivity index (χ0n) is 12.8. The van der Waals surface area contributed by atoms with Gasteiger partial charge in [-0.25, -0.2) is 0 Å². The Labute approximate surface area is 130 Å². The van der Waals surface area contributed by atoms with Gasteiger partial charge in [0.2, 0.25) is 0 Å². The van der Waals surface area contributed by atoms with Crippen LogP contribution in [0, 0.1) is 22.1 Å². The Morgan fingerprint density at radius 3 is 2.64 bits per heavy atom. The minimum absolute atomic E-state index is 0.0723. The first-order chi connectivity index (χ1) is 10.6. The number of nitriles is 1. The maximum atomic E-state index is 9.13. The number of amidine groups is 1. The van der Waals surface area contributed by atoms with Crippen LogP contribution < -0.4 is 5.32 Å². The number of morpholine rings is 1. The van der Waals surface area contributed by atoms with Gasteiger partial charge >= 0.3 is 0 Å². The number of nitrogens with one attached hydrogen (secondary N) is 3. The third-order valence-corrected chi connectivity index (χ3v) is 4.55. The molecule has 0 aromatic rings. The summed E-state index contributed by atoms with van der Waals surface area (Å²) in [7, 11) is 0. The van der Waals surface area contributed by atoms with Crippen LogP contribution in [0.4, 0.5) is 0 Å². The highest BCUT2D eigenvalue weighted by Crippen LogP contribution is 2.28. The smallest absolute Gasteiger partial charge is 0.155 e. The van der Waals surface area contributed by atoms with Crippen LogP contribution >= 0.6 is 0 Å². The second-order valence-electron chi connectivity index (χ2n) is 6.17. The highest BCUT2D eigenvalue weighted by atomic mass is 16.5. The molecule has 0 radical (unpaired) electrons. The second kappa shape index (κ2) is 6.07. The van der Waals surface area contributed by atoms with E-state index in [9.17, 15) is 0 Å². The second-order valence-corrected chi connectivity index (χ2v) is 6.17. The maximum absolute atomic E-state index is 9.13. The lowest BCUT2D eigenvalue weighted by atomic mass is 9.98. The normalized spacial score (nSPS) is 31.3. The fourth-order valence-corrected chi connectivity index (χ4v) is 3.33.